The van der Waals surface area contributed by atoms with Crippen molar-refractivity contribution in [3.05, 3.63) is 29.8 Å². The molecule has 0 atom stereocenters. The van der Waals surface area contributed by atoms with Gasteiger partial charge in [0.15, 0.2) is 5.11 Å². The molecule has 0 unspecified atom stereocenters. The molecule has 1 saturated heterocycles. The number of piperidine rings is 1. The molecule has 0 radical (unpaired) electrons. The van der Waals surface area contributed by atoms with Crippen LogP contribution in [0.4, 0.5) is 5.69 Å². The van der Waals surface area contributed by atoms with E-state index in [0.29, 0.717) is 0 Å². The van der Waals surface area contributed by atoms with Crippen LogP contribution >= 0.6 is 12.2 Å². The molecule has 4 heteroatoms. The molecule has 2 rings (SSSR count). The van der Waals surface area contributed by atoms with Crippen molar-refractivity contribution in [2.75, 3.05) is 31.6 Å². The molecule has 1 N–H and O–H groups in total. The summed E-state index contributed by atoms with van der Waals surface area (Å²) < 4.78 is 0. The maximum absolute atomic E-state index is 5.38. The molecule has 0 spiro atoms. The molecule has 0 saturated carbocycles. The highest BCUT2D eigenvalue weighted by Gasteiger charge is 2.15. The van der Waals surface area contributed by atoms with Gasteiger partial charge in [-0.25, -0.2) is 0 Å². The van der Waals surface area contributed by atoms with Crippen LogP contribution in [0, 0.1) is 0 Å². The lowest BCUT2D eigenvalue weighted by atomic mass is 10.1. The second kappa shape index (κ2) is 7.48. The first kappa shape index (κ1) is 15.1. The van der Waals surface area contributed by atoms with Gasteiger partial charge in [0, 0.05) is 38.9 Å². The number of nitrogens with zero attached hydrogens (tertiary/aromatic N) is 2. The van der Waals surface area contributed by atoms with Crippen LogP contribution in [-0.2, 0) is 6.54 Å². The number of thiocarbonyl (C=S) groups is 1. The number of rotatable bonds is 4. The third kappa shape index (κ3) is 3.85. The van der Waals surface area contributed by atoms with Crippen LogP contribution in [0.15, 0.2) is 24.3 Å². The van der Waals surface area contributed by atoms with Gasteiger partial charge in [0.2, 0.25) is 0 Å². The van der Waals surface area contributed by atoms with Gasteiger partial charge in [-0.2, -0.15) is 0 Å². The number of anilines is 1. The number of nitrogens with one attached hydrogen (secondary N) is 1. The van der Waals surface area contributed by atoms with Crippen molar-refractivity contribution in [3.8, 4) is 0 Å². The highest BCUT2D eigenvalue weighted by molar-refractivity contribution is 7.80. The first-order valence-corrected chi connectivity index (χ1v) is 7.95. The fourth-order valence-corrected chi connectivity index (χ4v) is 2.91. The first-order valence-electron chi connectivity index (χ1n) is 7.54. The largest absolute Gasteiger partial charge is 0.371 e. The smallest absolute Gasteiger partial charge is 0.168 e. The molecule has 1 aliphatic rings. The summed E-state index contributed by atoms with van der Waals surface area (Å²) in [6.07, 6.45) is 3.98. The minimum absolute atomic E-state index is 0.820. The maximum Gasteiger partial charge on any atom is 0.168 e. The third-order valence-corrected chi connectivity index (χ3v) is 4.23. The summed E-state index contributed by atoms with van der Waals surface area (Å²) in [6.45, 7) is 6.16. The zero-order valence-corrected chi connectivity index (χ0v) is 13.4. The van der Waals surface area contributed by atoms with Crippen LogP contribution in [0.5, 0.6) is 0 Å². The molecule has 20 heavy (non-hydrogen) atoms. The van der Waals surface area contributed by atoms with Crippen molar-refractivity contribution < 1.29 is 0 Å². The van der Waals surface area contributed by atoms with Crippen molar-refractivity contribution in [1.29, 1.82) is 0 Å². The van der Waals surface area contributed by atoms with Crippen LogP contribution in [0.3, 0.4) is 0 Å². The molecule has 0 amide bonds. The molecule has 1 aromatic carbocycles. The predicted octanol–water partition coefficient (Wildman–Crippen LogP) is 3.00. The molecule has 110 valence electrons. The SMILES string of the molecule is CCNC(=S)N(C)Cc1ccccc1N1CCCCC1. The monoisotopic (exact) mass is 291 g/mol. The highest BCUT2D eigenvalue weighted by Crippen LogP contribution is 2.25. The molecule has 1 heterocycles. The predicted molar refractivity (Wildman–Crippen MR) is 90.2 cm³/mol. The fraction of sp³-hybridized carbons (Fsp3) is 0.562. The van der Waals surface area contributed by atoms with Crippen LogP contribution < -0.4 is 10.2 Å². The van der Waals surface area contributed by atoms with E-state index in [2.05, 4.69) is 53.4 Å². The Morgan fingerprint density at radius 3 is 2.65 bits per heavy atom. The minimum Gasteiger partial charge on any atom is -0.371 e. The van der Waals surface area contributed by atoms with Crippen molar-refractivity contribution in [2.45, 2.75) is 32.7 Å². The van der Waals surface area contributed by atoms with Crippen molar-refractivity contribution in [1.82, 2.24) is 10.2 Å². The van der Waals surface area contributed by atoms with E-state index >= 15 is 0 Å². The van der Waals surface area contributed by atoms with Gasteiger partial charge in [0.25, 0.3) is 0 Å². The Balaban J connectivity index is 2.09. The van der Waals surface area contributed by atoms with Gasteiger partial charge in [-0.1, -0.05) is 18.2 Å². The van der Waals surface area contributed by atoms with Gasteiger partial charge < -0.3 is 15.1 Å². The lowest BCUT2D eigenvalue weighted by Gasteiger charge is -2.32. The number of hydrogen-bond acceptors (Lipinski definition) is 2. The van der Waals surface area contributed by atoms with Crippen molar-refractivity contribution >= 4 is 23.0 Å². The summed E-state index contributed by atoms with van der Waals surface area (Å²) in [5, 5.41) is 4.03. The van der Waals surface area contributed by atoms with Gasteiger partial charge in [-0.15, -0.1) is 0 Å². The van der Waals surface area contributed by atoms with Crippen molar-refractivity contribution in [3.63, 3.8) is 0 Å². The summed E-state index contributed by atoms with van der Waals surface area (Å²) >= 11 is 5.38. The van der Waals surface area contributed by atoms with E-state index in [9.17, 15) is 0 Å². The van der Waals surface area contributed by atoms with E-state index in [1.54, 1.807) is 0 Å². The quantitative estimate of drug-likeness (QED) is 0.859. The molecule has 0 aliphatic carbocycles. The Labute approximate surface area is 128 Å². The molecule has 3 nitrogen and oxygen atoms in total. The van der Waals surface area contributed by atoms with E-state index in [0.717, 1.165) is 18.2 Å². The second-order valence-corrected chi connectivity index (χ2v) is 5.75. The molecule has 0 aromatic heterocycles. The molecular weight excluding hydrogens is 266 g/mol. The summed E-state index contributed by atoms with van der Waals surface area (Å²) in [6, 6.07) is 8.71. The van der Waals surface area contributed by atoms with Crippen LogP contribution in [-0.4, -0.2) is 36.7 Å². The molecule has 1 aromatic rings. The topological polar surface area (TPSA) is 18.5 Å². The fourth-order valence-electron chi connectivity index (χ4n) is 2.70. The van der Waals surface area contributed by atoms with Gasteiger partial charge >= 0.3 is 0 Å². The maximum atomic E-state index is 5.38. The summed E-state index contributed by atoms with van der Waals surface area (Å²) in [5.41, 5.74) is 2.73. The third-order valence-electron chi connectivity index (χ3n) is 3.77. The molecule has 0 bridgehead atoms. The Bertz CT molecular complexity index is 441. The normalized spacial score (nSPS) is 15.0. The zero-order chi connectivity index (χ0) is 14.4. The summed E-state index contributed by atoms with van der Waals surface area (Å²) in [7, 11) is 2.05. The Hall–Kier alpha value is -1.29. The number of benzene rings is 1. The van der Waals surface area contributed by atoms with Gasteiger partial charge in [0.05, 0.1) is 0 Å². The van der Waals surface area contributed by atoms with E-state index in [1.807, 2.05) is 0 Å². The Morgan fingerprint density at radius 1 is 1.25 bits per heavy atom. The first-order chi connectivity index (χ1) is 9.72. The van der Waals surface area contributed by atoms with Crippen molar-refractivity contribution in [2.24, 2.45) is 0 Å². The van der Waals surface area contributed by atoms with Gasteiger partial charge in [-0.05, 0) is 50.0 Å². The summed E-state index contributed by atoms with van der Waals surface area (Å²) in [4.78, 5) is 4.63. The lowest BCUT2D eigenvalue weighted by Crippen LogP contribution is -2.37. The van der Waals surface area contributed by atoms with Crippen LogP contribution in [0.25, 0.3) is 0 Å². The van der Waals surface area contributed by atoms with E-state index < -0.39 is 0 Å². The Morgan fingerprint density at radius 2 is 1.95 bits per heavy atom. The zero-order valence-electron chi connectivity index (χ0n) is 12.6. The summed E-state index contributed by atoms with van der Waals surface area (Å²) in [5.74, 6) is 0. The van der Waals surface area contributed by atoms with E-state index in [1.165, 1.54) is 43.6 Å². The average molecular weight is 291 g/mol. The average Bonchev–Trinajstić information content (AvgIpc) is 2.49. The van der Waals surface area contributed by atoms with Gasteiger partial charge in [-0.3, -0.25) is 0 Å². The Kier molecular flexibility index (Phi) is 5.65. The standard InChI is InChI=1S/C16H25N3S/c1-3-17-16(20)18(2)13-14-9-5-6-10-15(14)19-11-7-4-8-12-19/h5-6,9-10H,3-4,7-8,11-13H2,1-2H3,(H,17,20). The van der Waals surface area contributed by atoms with Crippen LogP contribution in [0.1, 0.15) is 31.7 Å². The molecular formula is C16H25N3S. The minimum atomic E-state index is 0.820. The number of para-hydroxylation sites is 1. The second-order valence-electron chi connectivity index (χ2n) is 5.37. The lowest BCUT2D eigenvalue weighted by molar-refractivity contribution is 0.488. The van der Waals surface area contributed by atoms with E-state index in [4.69, 9.17) is 12.2 Å². The van der Waals surface area contributed by atoms with E-state index in [-0.39, 0.29) is 0 Å². The van der Waals surface area contributed by atoms with Gasteiger partial charge in [0.1, 0.15) is 0 Å². The van der Waals surface area contributed by atoms with Crippen LogP contribution in [0.2, 0.25) is 0 Å². The molecule has 1 aliphatic heterocycles. The highest BCUT2D eigenvalue weighted by atomic mass is 32.1. The number of hydrogen-bond donors (Lipinski definition) is 1. The molecule has 1 fully saturated rings.